The van der Waals surface area contributed by atoms with Crippen LogP contribution in [0.15, 0.2) is 36.3 Å². The van der Waals surface area contributed by atoms with Crippen LogP contribution < -0.4 is 0 Å². The molecule has 1 aromatic heterocycles. The maximum Gasteiger partial charge on any atom is 0.309 e. The van der Waals surface area contributed by atoms with Crippen molar-refractivity contribution in [3.8, 4) is 0 Å². The number of thiazole rings is 1. The minimum Gasteiger partial charge on any atom is -0.458 e. The second-order valence-corrected chi connectivity index (χ2v) is 29.3. The molecule has 7 nitrogen and oxygen atoms in total. The van der Waals surface area contributed by atoms with Crippen molar-refractivity contribution in [3.05, 3.63) is 47.0 Å². The third kappa shape index (κ3) is 11.6. The molecule has 0 unspecified atom stereocenters. The minimum absolute atomic E-state index is 0.00881. The Morgan fingerprint density at radius 1 is 1.02 bits per heavy atom. The molecular weight excluding hydrogens is 691 g/mol. The Kier molecular flexibility index (Phi) is 14.9. The predicted molar refractivity (Wildman–Crippen MR) is 219 cm³/mol. The Bertz CT molecular complexity index is 1420. The van der Waals surface area contributed by atoms with Gasteiger partial charge in [-0.05, 0) is 81.0 Å². The fourth-order valence-corrected chi connectivity index (χ4v) is 9.36. The van der Waals surface area contributed by atoms with Gasteiger partial charge in [0.05, 0.1) is 41.0 Å². The van der Waals surface area contributed by atoms with E-state index in [0.29, 0.717) is 12.8 Å². The highest BCUT2D eigenvalue weighted by Crippen LogP contribution is 2.45. The Labute approximate surface area is 317 Å². The van der Waals surface area contributed by atoms with E-state index in [0.717, 1.165) is 16.3 Å². The molecule has 0 radical (unpaired) electrons. The molecule has 1 fully saturated rings. The highest BCUT2D eigenvalue weighted by atomic mass is 32.1. The fourth-order valence-electron chi connectivity index (χ4n) is 5.89. The number of nitrogens with zero attached hydrogens (tertiary/aromatic N) is 1. The number of hydrogen-bond donors (Lipinski definition) is 0. The van der Waals surface area contributed by atoms with Gasteiger partial charge in [0, 0.05) is 23.1 Å². The molecule has 1 aliphatic rings. The van der Waals surface area contributed by atoms with Crippen LogP contribution in [-0.2, 0) is 27.9 Å². The second kappa shape index (κ2) is 16.8. The molecule has 10 heteroatoms. The summed E-state index contributed by atoms with van der Waals surface area (Å²) in [5.74, 6) is -0.904. The second-order valence-electron chi connectivity index (χ2n) is 18.7. The van der Waals surface area contributed by atoms with Gasteiger partial charge < -0.3 is 18.3 Å². The molecule has 2 rings (SSSR count). The van der Waals surface area contributed by atoms with E-state index in [1.54, 1.807) is 11.3 Å². The van der Waals surface area contributed by atoms with Crippen LogP contribution >= 0.6 is 11.3 Å². The van der Waals surface area contributed by atoms with Crippen LogP contribution in [0, 0.1) is 24.2 Å². The zero-order chi connectivity index (χ0) is 39.5. The summed E-state index contributed by atoms with van der Waals surface area (Å²) in [5.41, 5.74) is 0.378. The van der Waals surface area contributed by atoms with Gasteiger partial charge >= 0.3 is 5.97 Å². The van der Waals surface area contributed by atoms with E-state index in [1.807, 2.05) is 58.2 Å². The van der Waals surface area contributed by atoms with Gasteiger partial charge in [0.15, 0.2) is 16.6 Å². The van der Waals surface area contributed by atoms with Crippen LogP contribution in [0.1, 0.15) is 113 Å². The first kappa shape index (κ1) is 45.5. The zero-order valence-electron chi connectivity index (χ0n) is 35.1. The van der Waals surface area contributed by atoms with E-state index < -0.39 is 46.1 Å². The summed E-state index contributed by atoms with van der Waals surface area (Å²) in [6.07, 6.45) is 5.23. The van der Waals surface area contributed by atoms with Gasteiger partial charge in [-0.3, -0.25) is 9.59 Å². The Morgan fingerprint density at radius 2 is 1.57 bits per heavy atom. The summed E-state index contributed by atoms with van der Waals surface area (Å²) >= 11 is 1.58. The molecule has 0 aromatic carbocycles. The first-order valence-electron chi connectivity index (χ1n) is 18.6. The van der Waals surface area contributed by atoms with Crippen molar-refractivity contribution in [1.29, 1.82) is 0 Å². The monoisotopic (exact) mass is 761 g/mol. The number of esters is 1. The van der Waals surface area contributed by atoms with Crippen LogP contribution in [0.2, 0.25) is 36.3 Å². The molecule has 1 saturated heterocycles. The minimum atomic E-state index is -2.45. The first-order valence-corrected chi connectivity index (χ1v) is 25.3. The molecular formula is C41H71NO6SSi2. The van der Waals surface area contributed by atoms with Crippen molar-refractivity contribution in [2.45, 2.75) is 176 Å². The fraction of sp³-hybridized carbons (Fsp3) is 0.732. The van der Waals surface area contributed by atoms with Gasteiger partial charge in [-0.1, -0.05) is 81.4 Å². The number of Topliss-reactive ketones (excluding diaryl/α,β-unsaturated/α-hetero) is 1. The molecule has 0 aliphatic carbocycles. The Morgan fingerprint density at radius 3 is 2.04 bits per heavy atom. The molecule has 7 atom stereocenters. The number of ether oxygens (including phenoxy) is 2. The number of carbonyl (C=O) groups is 2. The van der Waals surface area contributed by atoms with Crippen molar-refractivity contribution in [2.24, 2.45) is 17.3 Å². The van der Waals surface area contributed by atoms with Crippen molar-refractivity contribution in [3.63, 3.8) is 0 Å². The van der Waals surface area contributed by atoms with Crippen LogP contribution in [-0.4, -0.2) is 63.4 Å². The van der Waals surface area contributed by atoms with Gasteiger partial charge in [-0.15, -0.1) is 24.5 Å². The van der Waals surface area contributed by atoms with Crippen LogP contribution in [0.5, 0.6) is 0 Å². The lowest BCUT2D eigenvalue weighted by Crippen LogP contribution is -2.54. The van der Waals surface area contributed by atoms with Crippen molar-refractivity contribution >= 4 is 45.8 Å². The number of epoxide rings is 1. The van der Waals surface area contributed by atoms with Crippen molar-refractivity contribution < 1.29 is 27.9 Å². The van der Waals surface area contributed by atoms with E-state index in [1.165, 1.54) is 0 Å². The average Bonchev–Trinajstić information content (AvgIpc) is 3.42. The van der Waals surface area contributed by atoms with Gasteiger partial charge in [0.25, 0.3) is 0 Å². The van der Waals surface area contributed by atoms with E-state index in [2.05, 4.69) is 99.7 Å². The number of carbonyl (C=O) groups excluding carboxylic acids is 2. The summed E-state index contributed by atoms with van der Waals surface area (Å²) in [5, 5.41) is 2.80. The zero-order valence-corrected chi connectivity index (χ0v) is 37.9. The third-order valence-electron chi connectivity index (χ3n) is 11.9. The summed E-state index contributed by atoms with van der Waals surface area (Å²) in [7, 11) is -4.68. The topological polar surface area (TPSA) is 87.2 Å². The molecule has 0 N–H and O–H groups in total. The van der Waals surface area contributed by atoms with E-state index >= 15 is 0 Å². The van der Waals surface area contributed by atoms with Crippen LogP contribution in [0.4, 0.5) is 0 Å². The Balaban J connectivity index is 2.50. The van der Waals surface area contributed by atoms with E-state index in [9.17, 15) is 9.59 Å². The third-order valence-corrected chi connectivity index (χ3v) is 21.6. The summed E-state index contributed by atoms with van der Waals surface area (Å²) < 4.78 is 26.4. The number of rotatable bonds is 19. The molecule has 51 heavy (non-hydrogen) atoms. The average molecular weight is 762 g/mol. The molecule has 2 heterocycles. The molecule has 0 amide bonds. The lowest BCUT2D eigenvalue weighted by Gasteiger charge is -2.46. The normalized spacial score (nSPS) is 22.1. The quantitative estimate of drug-likeness (QED) is 0.0600. The highest BCUT2D eigenvalue weighted by molar-refractivity contribution is 7.09. The van der Waals surface area contributed by atoms with E-state index in [4.69, 9.17) is 18.3 Å². The van der Waals surface area contributed by atoms with Gasteiger partial charge in [0.2, 0.25) is 0 Å². The van der Waals surface area contributed by atoms with Gasteiger partial charge in [-0.25, -0.2) is 4.98 Å². The standard InChI is InChI=1S/C41H71NO6SSi2/c1-20-22-41(15)34(46-41)24-32(28(4)23-31-26-49-30(6)42-31)45-35(43)25-33(47-50(16,17)38(7,8)9)40(13,14)37(44)29(5)36(27(3)21-2)48-51(18,19)39(10,11)12/h20-21,23,26-27,29,32-34,36H,1-2,22,24-25H2,3-19H3/b28-23+/t27-,29+,32-,33-,34-,36-,41+/m0/s1. The Hall–Kier alpha value is -1.70. The lowest BCUT2D eigenvalue weighted by atomic mass is 9.73. The summed E-state index contributed by atoms with van der Waals surface area (Å²) in [4.78, 5) is 33.5. The SMILES string of the molecule is C=CC[C@@]1(C)O[C@H]1C[C@H](OC(=O)C[C@H](O[Si](C)(C)C(C)(C)C)C(C)(C)C(=O)[C@H](C)[C@@H](O[Si](C)(C)C(C)(C)C)[C@@H](C)C=C)/C(C)=C/c1csc(C)n1. The molecule has 290 valence electrons. The largest absolute Gasteiger partial charge is 0.458 e. The summed E-state index contributed by atoms with van der Waals surface area (Å²) in [6, 6.07) is 0. The molecule has 0 spiro atoms. The number of ketones is 1. The van der Waals surface area contributed by atoms with Gasteiger partial charge in [0.1, 0.15) is 11.9 Å². The first-order chi connectivity index (χ1) is 23.0. The van der Waals surface area contributed by atoms with Gasteiger partial charge in [-0.2, -0.15) is 0 Å². The number of aromatic nitrogens is 1. The highest BCUT2D eigenvalue weighted by Gasteiger charge is 2.53. The summed E-state index contributed by atoms with van der Waals surface area (Å²) in [6.45, 7) is 43.7. The molecule has 0 bridgehead atoms. The van der Waals surface area contributed by atoms with Crippen molar-refractivity contribution in [2.75, 3.05) is 0 Å². The number of hydrogen-bond acceptors (Lipinski definition) is 8. The smallest absolute Gasteiger partial charge is 0.309 e. The maximum atomic E-state index is 14.8. The number of aryl methyl sites for hydroxylation is 1. The molecule has 1 aliphatic heterocycles. The lowest BCUT2D eigenvalue weighted by molar-refractivity contribution is -0.153. The van der Waals surface area contributed by atoms with E-state index in [-0.39, 0.29) is 46.0 Å². The van der Waals surface area contributed by atoms with Crippen LogP contribution in [0.3, 0.4) is 0 Å². The predicted octanol–water partition coefficient (Wildman–Crippen LogP) is 11.1. The van der Waals surface area contributed by atoms with Crippen molar-refractivity contribution in [1.82, 2.24) is 4.98 Å². The maximum absolute atomic E-state index is 14.8. The molecule has 0 saturated carbocycles. The molecule has 1 aromatic rings. The van der Waals surface area contributed by atoms with Crippen LogP contribution in [0.25, 0.3) is 6.08 Å².